The lowest BCUT2D eigenvalue weighted by Gasteiger charge is -2.13. The Hall–Kier alpha value is -0.310. The number of hydrogen-bond acceptors (Lipinski definition) is 1. The Morgan fingerprint density at radius 1 is 1.12 bits per heavy atom. The van der Waals surface area contributed by atoms with Crippen molar-refractivity contribution in [1.82, 2.24) is 0 Å². The molecule has 1 atom stereocenters. The van der Waals surface area contributed by atoms with E-state index in [0.29, 0.717) is 0 Å². The average Bonchev–Trinajstić information content (AvgIpc) is 2.57. The quantitative estimate of drug-likeness (QED) is 0.614. The number of thiophene rings is 1. The van der Waals surface area contributed by atoms with E-state index < -0.39 is 0 Å². The summed E-state index contributed by atoms with van der Waals surface area (Å²) < 4.78 is 1.10. The zero-order valence-corrected chi connectivity index (χ0v) is 13.2. The van der Waals surface area contributed by atoms with E-state index in [-0.39, 0.29) is 5.38 Å². The third-order valence-corrected chi connectivity index (χ3v) is 4.80. The molecule has 17 heavy (non-hydrogen) atoms. The van der Waals surface area contributed by atoms with Gasteiger partial charge < -0.3 is 0 Å². The van der Waals surface area contributed by atoms with Crippen molar-refractivity contribution in [2.75, 3.05) is 0 Å². The number of benzene rings is 1. The Kier molecular flexibility index (Phi) is 3.96. The maximum Gasteiger partial charge on any atom is 0.0848 e. The molecule has 0 saturated heterocycles. The van der Waals surface area contributed by atoms with Gasteiger partial charge >= 0.3 is 0 Å². The van der Waals surface area contributed by atoms with E-state index in [1.54, 1.807) is 0 Å². The molecule has 0 nitrogen and oxygen atoms in total. The summed E-state index contributed by atoms with van der Waals surface area (Å²) in [6.45, 7) is 6.36. The second-order valence-electron chi connectivity index (χ2n) is 4.23. The van der Waals surface area contributed by atoms with Crippen LogP contribution in [0.15, 0.2) is 28.7 Å². The summed E-state index contributed by atoms with van der Waals surface area (Å²) in [5.74, 6) is 0. The molecule has 1 heterocycles. The highest BCUT2D eigenvalue weighted by Gasteiger charge is 2.17. The standard InChI is InChI=1S/C14H14BrClS/c1-8-6-11(15)4-5-12(8)14(16)13-7-9(2)17-10(13)3/h4-7,14H,1-3H3. The zero-order chi connectivity index (χ0) is 12.6. The second kappa shape index (κ2) is 5.13. The summed E-state index contributed by atoms with van der Waals surface area (Å²) in [6, 6.07) is 8.45. The average molecular weight is 330 g/mol. The summed E-state index contributed by atoms with van der Waals surface area (Å²) in [4.78, 5) is 2.63. The minimum Gasteiger partial charge on any atom is -0.146 e. The fourth-order valence-electron chi connectivity index (χ4n) is 1.99. The van der Waals surface area contributed by atoms with Crippen LogP contribution in [0.3, 0.4) is 0 Å². The van der Waals surface area contributed by atoms with Gasteiger partial charge in [-0.05, 0) is 55.7 Å². The third-order valence-electron chi connectivity index (χ3n) is 2.86. The van der Waals surface area contributed by atoms with Gasteiger partial charge in [-0.25, -0.2) is 0 Å². The molecular formula is C14H14BrClS. The monoisotopic (exact) mass is 328 g/mol. The fraction of sp³-hybridized carbons (Fsp3) is 0.286. The van der Waals surface area contributed by atoms with Crippen molar-refractivity contribution in [3.05, 3.63) is 55.2 Å². The lowest BCUT2D eigenvalue weighted by atomic mass is 10.0. The van der Waals surface area contributed by atoms with Crippen molar-refractivity contribution < 1.29 is 0 Å². The van der Waals surface area contributed by atoms with Crippen LogP contribution < -0.4 is 0 Å². The summed E-state index contributed by atoms with van der Waals surface area (Å²) in [6.07, 6.45) is 0. The van der Waals surface area contributed by atoms with Crippen LogP contribution in [0, 0.1) is 20.8 Å². The Morgan fingerprint density at radius 2 is 1.82 bits per heavy atom. The van der Waals surface area contributed by atoms with Gasteiger partial charge in [0.2, 0.25) is 0 Å². The van der Waals surface area contributed by atoms with Crippen LogP contribution in [-0.2, 0) is 0 Å². The predicted octanol–water partition coefficient (Wildman–Crippen LogP) is 5.76. The number of rotatable bonds is 2. The molecule has 0 N–H and O–H groups in total. The molecule has 90 valence electrons. The SMILES string of the molecule is Cc1cc(C(Cl)c2ccc(Br)cc2C)c(C)s1. The summed E-state index contributed by atoms with van der Waals surface area (Å²) in [5, 5.41) is -0.0481. The van der Waals surface area contributed by atoms with Crippen LogP contribution in [0.4, 0.5) is 0 Å². The first-order valence-electron chi connectivity index (χ1n) is 5.46. The lowest BCUT2D eigenvalue weighted by molar-refractivity contribution is 1.10. The van der Waals surface area contributed by atoms with Gasteiger partial charge in [-0.2, -0.15) is 0 Å². The summed E-state index contributed by atoms with van der Waals surface area (Å²) in [7, 11) is 0. The fourth-order valence-corrected chi connectivity index (χ4v) is 3.97. The van der Waals surface area contributed by atoms with E-state index in [0.717, 1.165) is 4.47 Å². The number of halogens is 2. The molecule has 2 rings (SSSR count). The molecule has 0 saturated carbocycles. The first kappa shape index (κ1) is 13.1. The first-order chi connectivity index (χ1) is 7.99. The van der Waals surface area contributed by atoms with Crippen LogP contribution >= 0.6 is 38.9 Å². The molecule has 0 fully saturated rings. The highest BCUT2D eigenvalue weighted by Crippen LogP contribution is 2.37. The number of aryl methyl sites for hydroxylation is 3. The van der Waals surface area contributed by atoms with Crippen LogP contribution in [0.5, 0.6) is 0 Å². The van der Waals surface area contributed by atoms with Crippen LogP contribution in [0.25, 0.3) is 0 Å². The smallest absolute Gasteiger partial charge is 0.0848 e. The Morgan fingerprint density at radius 3 is 2.35 bits per heavy atom. The second-order valence-corrected chi connectivity index (χ2v) is 7.04. The van der Waals surface area contributed by atoms with Gasteiger partial charge in [0, 0.05) is 14.2 Å². The Bertz CT molecular complexity index is 545. The zero-order valence-electron chi connectivity index (χ0n) is 10.1. The van der Waals surface area contributed by atoms with E-state index in [9.17, 15) is 0 Å². The van der Waals surface area contributed by atoms with Crippen molar-refractivity contribution in [2.24, 2.45) is 0 Å². The van der Waals surface area contributed by atoms with Crippen LogP contribution in [0.2, 0.25) is 0 Å². The molecule has 0 aliphatic carbocycles. The van der Waals surface area contributed by atoms with Gasteiger partial charge in [0.05, 0.1) is 5.38 Å². The van der Waals surface area contributed by atoms with Gasteiger partial charge in [-0.3, -0.25) is 0 Å². The molecule has 0 amide bonds. The molecule has 1 unspecified atom stereocenters. The van der Waals surface area contributed by atoms with Crippen molar-refractivity contribution in [1.29, 1.82) is 0 Å². The van der Waals surface area contributed by atoms with E-state index in [1.165, 1.54) is 26.4 Å². The molecule has 0 radical (unpaired) electrons. The summed E-state index contributed by atoms with van der Waals surface area (Å²) >= 11 is 11.9. The number of alkyl halides is 1. The van der Waals surface area contributed by atoms with Crippen molar-refractivity contribution in [3.63, 3.8) is 0 Å². The van der Waals surface area contributed by atoms with E-state index in [1.807, 2.05) is 17.4 Å². The minimum atomic E-state index is -0.0481. The highest BCUT2D eigenvalue weighted by molar-refractivity contribution is 9.10. The molecule has 0 spiro atoms. The Labute approximate surface area is 120 Å². The topological polar surface area (TPSA) is 0 Å². The molecule has 1 aromatic carbocycles. The van der Waals surface area contributed by atoms with Crippen molar-refractivity contribution >= 4 is 38.9 Å². The Balaban J connectivity index is 2.43. The maximum atomic E-state index is 6.60. The van der Waals surface area contributed by atoms with Crippen LogP contribution in [-0.4, -0.2) is 0 Å². The number of hydrogen-bond donors (Lipinski definition) is 0. The van der Waals surface area contributed by atoms with E-state index >= 15 is 0 Å². The molecule has 1 aromatic heterocycles. The van der Waals surface area contributed by atoms with Crippen molar-refractivity contribution in [2.45, 2.75) is 26.1 Å². The van der Waals surface area contributed by atoms with Gasteiger partial charge in [0.1, 0.15) is 0 Å². The van der Waals surface area contributed by atoms with Gasteiger partial charge in [0.25, 0.3) is 0 Å². The molecule has 0 aliphatic heterocycles. The molecule has 0 bridgehead atoms. The molecule has 2 aromatic rings. The third kappa shape index (κ3) is 2.75. The maximum absolute atomic E-state index is 6.60. The minimum absolute atomic E-state index is 0.0481. The normalized spacial score (nSPS) is 12.8. The van der Waals surface area contributed by atoms with Gasteiger partial charge in [-0.15, -0.1) is 22.9 Å². The van der Waals surface area contributed by atoms with Crippen molar-refractivity contribution in [3.8, 4) is 0 Å². The predicted molar refractivity (Wildman–Crippen MR) is 80.4 cm³/mol. The van der Waals surface area contributed by atoms with Crippen LogP contribution in [0.1, 0.15) is 31.8 Å². The molecular weight excluding hydrogens is 316 g/mol. The van der Waals surface area contributed by atoms with E-state index in [2.05, 4.69) is 54.9 Å². The lowest BCUT2D eigenvalue weighted by Crippen LogP contribution is -1.96. The molecule has 3 heteroatoms. The molecule has 0 aliphatic rings. The first-order valence-corrected chi connectivity index (χ1v) is 7.50. The summed E-state index contributed by atoms with van der Waals surface area (Å²) in [5.41, 5.74) is 3.65. The van der Waals surface area contributed by atoms with E-state index in [4.69, 9.17) is 11.6 Å². The van der Waals surface area contributed by atoms with Gasteiger partial charge in [0.15, 0.2) is 0 Å². The highest BCUT2D eigenvalue weighted by atomic mass is 79.9. The van der Waals surface area contributed by atoms with Gasteiger partial charge in [-0.1, -0.05) is 22.0 Å². The largest absolute Gasteiger partial charge is 0.146 e.